The summed E-state index contributed by atoms with van der Waals surface area (Å²) in [4.78, 5) is 2.34. The maximum Gasteiger partial charge on any atom is 0.0431 e. The molecule has 1 aliphatic rings. The first kappa shape index (κ1) is 9.96. The fourth-order valence-electron chi connectivity index (χ4n) is 2.03. The summed E-state index contributed by atoms with van der Waals surface area (Å²) in [6.45, 7) is 2.60. The van der Waals surface area contributed by atoms with Crippen LogP contribution in [0.3, 0.4) is 0 Å². The van der Waals surface area contributed by atoms with Crippen molar-refractivity contribution in [2.45, 2.75) is 24.8 Å². The lowest BCUT2D eigenvalue weighted by Crippen LogP contribution is -2.45. The monoisotopic (exact) mass is 172 g/mol. The van der Waals surface area contributed by atoms with Crippen molar-refractivity contribution in [3.63, 3.8) is 0 Å². The zero-order valence-corrected chi connectivity index (χ0v) is 8.14. The third-order valence-electron chi connectivity index (χ3n) is 2.89. The van der Waals surface area contributed by atoms with E-state index in [0.717, 1.165) is 19.4 Å². The largest absolute Gasteiger partial charge is 0.396 e. The van der Waals surface area contributed by atoms with Crippen molar-refractivity contribution in [2.24, 2.45) is 0 Å². The third-order valence-corrected chi connectivity index (χ3v) is 2.89. The highest BCUT2D eigenvalue weighted by Gasteiger charge is 2.34. The van der Waals surface area contributed by atoms with Gasteiger partial charge in [0.25, 0.3) is 0 Å². The van der Waals surface area contributed by atoms with Crippen LogP contribution in [-0.4, -0.2) is 49.3 Å². The Labute approximate surface area is 74.8 Å². The second-order valence-electron chi connectivity index (χ2n) is 3.85. The van der Waals surface area contributed by atoms with Crippen molar-refractivity contribution in [1.29, 1.82) is 0 Å². The second-order valence-corrected chi connectivity index (χ2v) is 3.85. The number of nitrogens with one attached hydrogen (secondary N) is 1. The molecular formula is C9H20N2O. The Hall–Kier alpha value is -0.120. The van der Waals surface area contributed by atoms with Crippen LogP contribution in [0.2, 0.25) is 0 Å². The lowest BCUT2D eigenvalue weighted by atomic mass is 9.93. The summed E-state index contributed by atoms with van der Waals surface area (Å²) in [6, 6.07) is 0. The van der Waals surface area contributed by atoms with Crippen LogP contribution in [0.1, 0.15) is 19.3 Å². The topological polar surface area (TPSA) is 35.5 Å². The summed E-state index contributed by atoms with van der Waals surface area (Å²) >= 11 is 0. The van der Waals surface area contributed by atoms with Gasteiger partial charge in [0.15, 0.2) is 0 Å². The Kier molecular flexibility index (Phi) is 3.50. The molecule has 72 valence electrons. The molecule has 1 unspecified atom stereocenters. The molecule has 1 atom stereocenters. The first-order chi connectivity index (χ1) is 5.72. The number of rotatable bonds is 4. The summed E-state index contributed by atoms with van der Waals surface area (Å²) < 4.78 is 0. The molecule has 1 saturated heterocycles. The van der Waals surface area contributed by atoms with E-state index in [4.69, 9.17) is 5.11 Å². The van der Waals surface area contributed by atoms with Crippen LogP contribution in [0, 0.1) is 0 Å². The predicted octanol–water partition coefficient (Wildman–Crippen LogP) is 0.0526. The Morgan fingerprint density at radius 2 is 2.33 bits per heavy atom. The van der Waals surface area contributed by atoms with Crippen LogP contribution in [0.4, 0.5) is 0 Å². The van der Waals surface area contributed by atoms with Crippen molar-refractivity contribution in [1.82, 2.24) is 10.2 Å². The van der Waals surface area contributed by atoms with E-state index in [1.165, 1.54) is 13.0 Å². The number of aliphatic hydroxyl groups is 1. The van der Waals surface area contributed by atoms with E-state index in [0.29, 0.717) is 6.61 Å². The first-order valence-corrected chi connectivity index (χ1v) is 4.71. The maximum absolute atomic E-state index is 8.76. The molecule has 0 aromatic heterocycles. The molecule has 1 rings (SSSR count). The molecule has 0 amide bonds. The fraction of sp³-hybridized carbons (Fsp3) is 1.00. The molecule has 0 radical (unpaired) electrons. The second kappa shape index (κ2) is 4.21. The molecule has 0 aromatic rings. The zero-order chi connectivity index (χ0) is 9.03. The normalized spacial score (nSPS) is 31.2. The summed E-state index contributed by atoms with van der Waals surface area (Å²) in [5, 5.41) is 12.2. The number of hydrogen-bond acceptors (Lipinski definition) is 3. The van der Waals surface area contributed by atoms with E-state index in [2.05, 4.69) is 17.3 Å². The molecule has 3 nitrogen and oxygen atoms in total. The van der Waals surface area contributed by atoms with Gasteiger partial charge >= 0.3 is 0 Å². The van der Waals surface area contributed by atoms with E-state index < -0.39 is 0 Å². The standard InChI is InChI=1S/C9H20N2O/c1-10-9(4-3-7-12)5-6-11(2)8-9/h10,12H,3-8H2,1-2H3. The Morgan fingerprint density at radius 3 is 2.75 bits per heavy atom. The number of nitrogens with zero attached hydrogens (tertiary/aromatic N) is 1. The van der Waals surface area contributed by atoms with Gasteiger partial charge in [0.1, 0.15) is 0 Å². The van der Waals surface area contributed by atoms with Gasteiger partial charge in [-0.3, -0.25) is 0 Å². The molecular weight excluding hydrogens is 152 g/mol. The SMILES string of the molecule is CNC1(CCCO)CCN(C)C1. The van der Waals surface area contributed by atoms with Crippen LogP contribution in [0.15, 0.2) is 0 Å². The smallest absolute Gasteiger partial charge is 0.0431 e. The molecule has 0 aromatic carbocycles. The molecule has 1 aliphatic heterocycles. The molecule has 0 aliphatic carbocycles. The minimum Gasteiger partial charge on any atom is -0.396 e. The lowest BCUT2D eigenvalue weighted by molar-refractivity contribution is 0.243. The Balaban J connectivity index is 2.41. The van der Waals surface area contributed by atoms with Gasteiger partial charge in [-0.25, -0.2) is 0 Å². The Bertz CT molecular complexity index is 140. The highest BCUT2D eigenvalue weighted by molar-refractivity contribution is 4.95. The van der Waals surface area contributed by atoms with Gasteiger partial charge in [0, 0.05) is 18.7 Å². The molecule has 12 heavy (non-hydrogen) atoms. The maximum atomic E-state index is 8.76. The van der Waals surface area contributed by atoms with Crippen molar-refractivity contribution in [3.8, 4) is 0 Å². The van der Waals surface area contributed by atoms with Gasteiger partial charge in [-0.05, 0) is 39.9 Å². The summed E-state index contributed by atoms with van der Waals surface area (Å²) in [5.74, 6) is 0. The van der Waals surface area contributed by atoms with E-state index >= 15 is 0 Å². The van der Waals surface area contributed by atoms with Crippen molar-refractivity contribution < 1.29 is 5.11 Å². The van der Waals surface area contributed by atoms with E-state index in [1.54, 1.807) is 0 Å². The summed E-state index contributed by atoms with van der Waals surface area (Å²) in [5.41, 5.74) is 0.275. The van der Waals surface area contributed by atoms with Crippen LogP contribution in [0.25, 0.3) is 0 Å². The lowest BCUT2D eigenvalue weighted by Gasteiger charge is -2.28. The molecule has 0 saturated carbocycles. The average Bonchev–Trinajstić information content (AvgIpc) is 2.45. The summed E-state index contributed by atoms with van der Waals surface area (Å²) in [6.07, 6.45) is 3.21. The number of likely N-dealkylation sites (N-methyl/N-ethyl adjacent to an activating group) is 2. The summed E-state index contributed by atoms with van der Waals surface area (Å²) in [7, 11) is 4.18. The van der Waals surface area contributed by atoms with Gasteiger partial charge in [-0.2, -0.15) is 0 Å². The Morgan fingerprint density at radius 1 is 1.58 bits per heavy atom. The van der Waals surface area contributed by atoms with Gasteiger partial charge < -0.3 is 15.3 Å². The minimum absolute atomic E-state index is 0.275. The quantitative estimate of drug-likeness (QED) is 0.629. The van der Waals surface area contributed by atoms with Gasteiger partial charge in [-0.15, -0.1) is 0 Å². The van der Waals surface area contributed by atoms with Crippen LogP contribution >= 0.6 is 0 Å². The first-order valence-electron chi connectivity index (χ1n) is 4.71. The molecule has 1 heterocycles. The van der Waals surface area contributed by atoms with E-state index in [1.807, 2.05) is 7.05 Å². The van der Waals surface area contributed by atoms with E-state index in [9.17, 15) is 0 Å². The highest BCUT2D eigenvalue weighted by Crippen LogP contribution is 2.24. The van der Waals surface area contributed by atoms with Crippen LogP contribution < -0.4 is 5.32 Å². The molecule has 3 heteroatoms. The predicted molar refractivity (Wildman–Crippen MR) is 50.2 cm³/mol. The third kappa shape index (κ3) is 2.19. The zero-order valence-electron chi connectivity index (χ0n) is 8.14. The fourth-order valence-corrected chi connectivity index (χ4v) is 2.03. The van der Waals surface area contributed by atoms with Gasteiger partial charge in [0.2, 0.25) is 0 Å². The van der Waals surface area contributed by atoms with Gasteiger partial charge in [-0.1, -0.05) is 0 Å². The molecule has 2 N–H and O–H groups in total. The van der Waals surface area contributed by atoms with Crippen LogP contribution in [0.5, 0.6) is 0 Å². The van der Waals surface area contributed by atoms with Crippen molar-refractivity contribution >= 4 is 0 Å². The number of hydrogen-bond donors (Lipinski definition) is 2. The van der Waals surface area contributed by atoms with Crippen LogP contribution in [-0.2, 0) is 0 Å². The van der Waals surface area contributed by atoms with Crippen molar-refractivity contribution in [3.05, 3.63) is 0 Å². The highest BCUT2D eigenvalue weighted by atomic mass is 16.2. The molecule has 0 spiro atoms. The average molecular weight is 172 g/mol. The van der Waals surface area contributed by atoms with Gasteiger partial charge in [0.05, 0.1) is 0 Å². The number of aliphatic hydroxyl groups excluding tert-OH is 1. The van der Waals surface area contributed by atoms with Crippen molar-refractivity contribution in [2.75, 3.05) is 33.8 Å². The minimum atomic E-state index is 0.275. The molecule has 0 bridgehead atoms. The molecule has 1 fully saturated rings. The van der Waals surface area contributed by atoms with E-state index in [-0.39, 0.29) is 5.54 Å². The number of likely N-dealkylation sites (tertiary alicyclic amines) is 1.